The number of ether oxygens (including phenoxy) is 2. The lowest BCUT2D eigenvalue weighted by Gasteiger charge is -2.42. The van der Waals surface area contributed by atoms with Gasteiger partial charge in [0.15, 0.2) is 0 Å². The summed E-state index contributed by atoms with van der Waals surface area (Å²) >= 11 is 0. The molecule has 0 amide bonds. The van der Waals surface area contributed by atoms with Gasteiger partial charge in [-0.3, -0.25) is 0 Å². The van der Waals surface area contributed by atoms with E-state index < -0.39 is 11.7 Å². The van der Waals surface area contributed by atoms with Crippen LogP contribution in [0.5, 0.6) is 5.75 Å². The van der Waals surface area contributed by atoms with E-state index in [-0.39, 0.29) is 24.7 Å². The van der Waals surface area contributed by atoms with E-state index in [0.717, 1.165) is 75.7 Å². The molecule has 10 nitrogen and oxygen atoms in total. The summed E-state index contributed by atoms with van der Waals surface area (Å²) in [6.45, 7) is 4.02. The Kier molecular flexibility index (Phi) is 10.8. The summed E-state index contributed by atoms with van der Waals surface area (Å²) in [6.07, 6.45) is 1.65. The maximum absolute atomic E-state index is 13.9. The van der Waals surface area contributed by atoms with E-state index in [9.17, 15) is 18.0 Å². The number of carbonyl (C=O) groups is 1. The van der Waals surface area contributed by atoms with Gasteiger partial charge in [-0.05, 0) is 55.0 Å². The summed E-state index contributed by atoms with van der Waals surface area (Å²) in [5.74, 6) is 0.139. The summed E-state index contributed by atoms with van der Waals surface area (Å²) < 4.78 is 53.0. The standard InChI is InChI=1S/C33H42F3N7O3/c1-37-28-6-4-5-22(26(28)13-18-44)20-38-31-27(33(34,35)36)21-39-32(41-31)40-29-8-7-24(19-30(29)46-3)43-14-9-23(10-15-43)42-16-11-25(45-2)12-17-42/h4-8,18-19,21,23,25,37H,9-17,20H2,1-3H3,(H2,38,39,40,41). The van der Waals surface area contributed by atoms with Crippen LogP contribution >= 0.6 is 0 Å². The molecule has 2 fully saturated rings. The number of halogens is 3. The van der Waals surface area contributed by atoms with Gasteiger partial charge in [0, 0.05) is 83.0 Å². The molecule has 13 heteroatoms. The summed E-state index contributed by atoms with van der Waals surface area (Å²) in [6, 6.07) is 11.7. The maximum Gasteiger partial charge on any atom is 0.421 e. The fraction of sp³-hybridized carbons (Fsp3) is 0.485. The third kappa shape index (κ3) is 7.81. The predicted octanol–water partition coefficient (Wildman–Crippen LogP) is 5.72. The normalized spacial score (nSPS) is 16.7. The average molecular weight is 642 g/mol. The summed E-state index contributed by atoms with van der Waals surface area (Å²) in [7, 11) is 5.07. The van der Waals surface area contributed by atoms with Crippen LogP contribution < -0.4 is 25.6 Å². The van der Waals surface area contributed by atoms with Gasteiger partial charge in [0.25, 0.3) is 0 Å². The molecule has 0 unspecified atom stereocenters. The highest BCUT2D eigenvalue weighted by Crippen LogP contribution is 2.37. The van der Waals surface area contributed by atoms with E-state index >= 15 is 0 Å². The van der Waals surface area contributed by atoms with Crippen molar-refractivity contribution in [3.05, 3.63) is 59.3 Å². The van der Waals surface area contributed by atoms with Crippen molar-refractivity contribution in [2.24, 2.45) is 0 Å². The van der Waals surface area contributed by atoms with E-state index in [1.807, 2.05) is 24.3 Å². The van der Waals surface area contributed by atoms with Crippen molar-refractivity contribution in [2.75, 3.05) is 68.3 Å². The number of carbonyl (C=O) groups excluding carboxylic acids is 1. The SMILES string of the molecule is CNc1cccc(CNc2nc(Nc3ccc(N4CCC(N5CCC(OC)CC5)CC4)cc3OC)ncc2C(F)(F)F)c1CC=O. The molecular formula is C33H42F3N7O3. The third-order valence-electron chi connectivity index (χ3n) is 8.96. The quantitative estimate of drug-likeness (QED) is 0.213. The van der Waals surface area contributed by atoms with Crippen molar-refractivity contribution in [2.45, 2.75) is 57.0 Å². The van der Waals surface area contributed by atoms with E-state index in [1.165, 1.54) is 0 Å². The second-order valence-corrected chi connectivity index (χ2v) is 11.6. The van der Waals surface area contributed by atoms with Gasteiger partial charge in [-0.25, -0.2) is 4.98 Å². The number of alkyl halides is 3. The molecule has 1 aromatic heterocycles. The number of likely N-dealkylation sites (tertiary alicyclic amines) is 1. The molecule has 0 saturated carbocycles. The molecule has 2 aliphatic heterocycles. The Morgan fingerprint density at radius 3 is 2.43 bits per heavy atom. The van der Waals surface area contributed by atoms with Crippen LogP contribution in [-0.2, 0) is 28.7 Å². The van der Waals surface area contributed by atoms with Gasteiger partial charge in [0.1, 0.15) is 23.4 Å². The molecule has 3 aromatic rings. The topological polar surface area (TPSA) is 104 Å². The molecule has 2 saturated heterocycles. The minimum atomic E-state index is -4.67. The number of methoxy groups -OCH3 is 2. The van der Waals surface area contributed by atoms with Gasteiger partial charge in [0.2, 0.25) is 5.95 Å². The number of nitrogens with zero attached hydrogens (tertiary/aromatic N) is 4. The highest BCUT2D eigenvalue weighted by atomic mass is 19.4. The molecule has 2 aromatic carbocycles. The lowest BCUT2D eigenvalue weighted by atomic mass is 9.98. The third-order valence-corrected chi connectivity index (χ3v) is 8.96. The lowest BCUT2D eigenvalue weighted by molar-refractivity contribution is -0.137. The largest absolute Gasteiger partial charge is 0.494 e. The lowest BCUT2D eigenvalue weighted by Crippen LogP contribution is -2.48. The molecule has 0 bridgehead atoms. The number of anilines is 5. The molecule has 2 aliphatic rings. The molecule has 0 radical (unpaired) electrons. The predicted molar refractivity (Wildman–Crippen MR) is 173 cm³/mol. The van der Waals surface area contributed by atoms with Crippen LogP contribution in [0.2, 0.25) is 0 Å². The van der Waals surface area contributed by atoms with Crippen molar-refractivity contribution in [3.8, 4) is 5.75 Å². The van der Waals surface area contributed by atoms with E-state index in [2.05, 4.69) is 35.7 Å². The monoisotopic (exact) mass is 641 g/mol. The van der Waals surface area contributed by atoms with Crippen LogP contribution in [0.15, 0.2) is 42.6 Å². The number of hydrogen-bond acceptors (Lipinski definition) is 10. The minimum absolute atomic E-state index is 0.0169. The van der Waals surface area contributed by atoms with Gasteiger partial charge in [-0.1, -0.05) is 12.1 Å². The number of benzene rings is 2. The molecule has 46 heavy (non-hydrogen) atoms. The number of aldehydes is 1. The first-order valence-electron chi connectivity index (χ1n) is 15.6. The zero-order valence-electron chi connectivity index (χ0n) is 26.5. The van der Waals surface area contributed by atoms with Crippen LogP contribution in [-0.4, -0.2) is 80.7 Å². The molecule has 248 valence electrons. The fourth-order valence-electron chi connectivity index (χ4n) is 6.39. The first-order valence-corrected chi connectivity index (χ1v) is 15.6. The Bertz CT molecular complexity index is 1470. The van der Waals surface area contributed by atoms with Crippen molar-refractivity contribution in [1.82, 2.24) is 14.9 Å². The molecular weight excluding hydrogens is 599 g/mol. The minimum Gasteiger partial charge on any atom is -0.494 e. The summed E-state index contributed by atoms with van der Waals surface area (Å²) in [5.41, 5.74) is 2.67. The number of hydrogen-bond donors (Lipinski definition) is 3. The maximum atomic E-state index is 13.9. The van der Waals surface area contributed by atoms with Gasteiger partial charge in [0.05, 0.1) is 18.9 Å². The first-order chi connectivity index (χ1) is 22.2. The molecule has 5 rings (SSSR count). The fourth-order valence-corrected chi connectivity index (χ4v) is 6.39. The summed E-state index contributed by atoms with van der Waals surface area (Å²) in [4.78, 5) is 24.4. The second-order valence-electron chi connectivity index (χ2n) is 11.6. The summed E-state index contributed by atoms with van der Waals surface area (Å²) in [5, 5.41) is 8.88. The van der Waals surface area contributed by atoms with Gasteiger partial charge in [-0.15, -0.1) is 0 Å². The van der Waals surface area contributed by atoms with Crippen LogP contribution in [0, 0.1) is 0 Å². The van der Waals surface area contributed by atoms with Crippen LogP contribution in [0.25, 0.3) is 0 Å². The zero-order chi connectivity index (χ0) is 32.7. The number of rotatable bonds is 12. The van der Waals surface area contributed by atoms with Crippen molar-refractivity contribution < 1.29 is 27.4 Å². The highest BCUT2D eigenvalue weighted by molar-refractivity contribution is 5.69. The van der Waals surface area contributed by atoms with Gasteiger partial charge in [-0.2, -0.15) is 18.2 Å². The number of nitrogens with one attached hydrogen (secondary N) is 3. The molecule has 3 heterocycles. The van der Waals surface area contributed by atoms with Gasteiger partial charge < -0.3 is 40.0 Å². The van der Waals surface area contributed by atoms with Gasteiger partial charge >= 0.3 is 6.18 Å². The van der Waals surface area contributed by atoms with Crippen molar-refractivity contribution in [3.63, 3.8) is 0 Å². The smallest absolute Gasteiger partial charge is 0.421 e. The zero-order valence-corrected chi connectivity index (χ0v) is 26.5. The van der Waals surface area contributed by atoms with E-state index in [4.69, 9.17) is 9.47 Å². The Morgan fingerprint density at radius 1 is 1.02 bits per heavy atom. The Morgan fingerprint density at radius 2 is 1.78 bits per heavy atom. The molecule has 0 atom stereocenters. The molecule has 0 spiro atoms. The van der Waals surface area contributed by atoms with E-state index in [0.29, 0.717) is 34.7 Å². The molecule has 0 aliphatic carbocycles. The van der Waals surface area contributed by atoms with Crippen LogP contribution in [0.4, 0.5) is 42.0 Å². The van der Waals surface area contributed by atoms with Crippen molar-refractivity contribution >= 4 is 35.1 Å². The Hall–Kier alpha value is -4.10. The van der Waals surface area contributed by atoms with Crippen LogP contribution in [0.3, 0.4) is 0 Å². The second kappa shape index (κ2) is 15.0. The number of piperidine rings is 2. The highest BCUT2D eigenvalue weighted by Gasteiger charge is 2.35. The van der Waals surface area contributed by atoms with Crippen molar-refractivity contribution in [1.29, 1.82) is 0 Å². The average Bonchev–Trinajstić information content (AvgIpc) is 3.07. The Balaban J connectivity index is 1.28. The van der Waals surface area contributed by atoms with E-state index in [1.54, 1.807) is 33.4 Å². The Labute approximate surface area is 267 Å². The first kappa shape index (κ1) is 33.3. The number of aromatic nitrogens is 2. The van der Waals surface area contributed by atoms with Crippen LogP contribution in [0.1, 0.15) is 42.4 Å². The molecule has 3 N–H and O–H groups in total.